The summed E-state index contributed by atoms with van der Waals surface area (Å²) in [7, 11) is 0. The van der Waals surface area contributed by atoms with Crippen LogP contribution in [0.3, 0.4) is 0 Å². The third kappa shape index (κ3) is 7.86. The molecule has 0 bridgehead atoms. The molecule has 4 aromatic rings. The highest BCUT2D eigenvalue weighted by Crippen LogP contribution is 2.31. The van der Waals surface area contributed by atoms with Crippen LogP contribution < -0.4 is 4.74 Å². The van der Waals surface area contributed by atoms with Crippen LogP contribution in [-0.4, -0.2) is 41.2 Å². The minimum absolute atomic E-state index is 0.108. The quantitative estimate of drug-likeness (QED) is 0.199. The Labute approximate surface area is 243 Å². The monoisotopic (exact) mass is 552 g/mol. The lowest BCUT2D eigenvalue weighted by atomic mass is 9.89. The van der Waals surface area contributed by atoms with Gasteiger partial charge in [0, 0.05) is 31.6 Å². The highest BCUT2D eigenvalue weighted by atomic mass is 16.6. The number of aromatic nitrogens is 1. The van der Waals surface area contributed by atoms with E-state index in [0.717, 1.165) is 47.8 Å². The number of carbonyl (C=O) groups is 1. The second-order valence-electron chi connectivity index (χ2n) is 11.9. The van der Waals surface area contributed by atoms with Crippen molar-refractivity contribution in [3.8, 4) is 17.2 Å². The van der Waals surface area contributed by atoms with Crippen molar-refractivity contribution in [2.24, 2.45) is 11.8 Å². The number of esters is 1. The maximum Gasteiger partial charge on any atom is 0.311 e. The predicted molar refractivity (Wildman–Crippen MR) is 161 cm³/mol. The van der Waals surface area contributed by atoms with E-state index >= 15 is 0 Å². The van der Waals surface area contributed by atoms with E-state index in [1.54, 1.807) is 0 Å². The SMILES string of the molecule is Cc1oc(-c2ccccc2)nc1CCOc1cccc(C[C@H]2CN(Cc3ccccc3)C[C@@H]2C(=O)OC(C)(C)C)c1. The van der Waals surface area contributed by atoms with Gasteiger partial charge in [0.15, 0.2) is 0 Å². The van der Waals surface area contributed by atoms with E-state index in [-0.39, 0.29) is 17.8 Å². The van der Waals surface area contributed by atoms with Crippen molar-refractivity contribution in [3.63, 3.8) is 0 Å². The molecule has 1 aromatic heterocycles. The van der Waals surface area contributed by atoms with Crippen LogP contribution in [0.4, 0.5) is 0 Å². The van der Waals surface area contributed by atoms with Gasteiger partial charge in [0.1, 0.15) is 17.1 Å². The van der Waals surface area contributed by atoms with Gasteiger partial charge < -0.3 is 13.9 Å². The molecule has 1 saturated heterocycles. The van der Waals surface area contributed by atoms with Gasteiger partial charge in [-0.3, -0.25) is 9.69 Å². The molecule has 0 N–H and O–H groups in total. The predicted octanol–water partition coefficient (Wildman–Crippen LogP) is 6.90. The van der Waals surface area contributed by atoms with Crippen molar-refractivity contribution in [1.82, 2.24) is 9.88 Å². The zero-order valence-electron chi connectivity index (χ0n) is 24.5. The Kier molecular flexibility index (Phi) is 8.89. The molecule has 0 amide bonds. The summed E-state index contributed by atoms with van der Waals surface area (Å²) in [5, 5.41) is 0. The minimum atomic E-state index is -0.508. The largest absolute Gasteiger partial charge is 0.493 e. The number of hydrogen-bond donors (Lipinski definition) is 0. The summed E-state index contributed by atoms with van der Waals surface area (Å²) in [6.45, 7) is 10.6. The number of carbonyl (C=O) groups excluding carboxylic acids is 1. The van der Waals surface area contributed by atoms with E-state index in [4.69, 9.17) is 13.9 Å². The summed E-state index contributed by atoms with van der Waals surface area (Å²) in [6, 6.07) is 28.6. The van der Waals surface area contributed by atoms with Crippen LogP contribution in [0.1, 0.15) is 43.4 Å². The molecule has 0 saturated carbocycles. The van der Waals surface area contributed by atoms with Crippen molar-refractivity contribution in [2.75, 3.05) is 19.7 Å². The van der Waals surface area contributed by atoms with Crippen molar-refractivity contribution >= 4 is 5.97 Å². The van der Waals surface area contributed by atoms with Gasteiger partial charge in [-0.25, -0.2) is 4.98 Å². The van der Waals surface area contributed by atoms with Gasteiger partial charge in [-0.2, -0.15) is 0 Å². The van der Waals surface area contributed by atoms with Gasteiger partial charge >= 0.3 is 5.97 Å². The zero-order valence-corrected chi connectivity index (χ0v) is 24.5. The highest BCUT2D eigenvalue weighted by Gasteiger charge is 2.39. The van der Waals surface area contributed by atoms with E-state index in [1.807, 2.05) is 76.2 Å². The van der Waals surface area contributed by atoms with Crippen molar-refractivity contribution in [1.29, 1.82) is 0 Å². The lowest BCUT2D eigenvalue weighted by Crippen LogP contribution is -2.33. The van der Waals surface area contributed by atoms with Crippen molar-refractivity contribution in [3.05, 3.63) is 108 Å². The molecule has 0 unspecified atom stereocenters. The standard InChI is InChI=1S/C35H40N2O4/c1-25-32(36-33(40-25)28-15-9-6-10-16-28)18-19-39-30-17-11-14-27(21-30)20-29-23-37(22-26-12-7-5-8-13-26)24-31(29)34(38)41-35(2,3)4/h5-17,21,29,31H,18-20,22-24H2,1-4H3/t29-,31-/m0/s1. The molecule has 0 radical (unpaired) electrons. The summed E-state index contributed by atoms with van der Waals surface area (Å²) in [5.41, 5.74) is 3.78. The molecule has 0 spiro atoms. The first-order chi connectivity index (χ1) is 19.7. The molecule has 6 heteroatoms. The second kappa shape index (κ2) is 12.7. The molecule has 5 rings (SSSR count). The fraction of sp³-hybridized carbons (Fsp3) is 0.371. The lowest BCUT2D eigenvalue weighted by Gasteiger charge is -2.24. The van der Waals surface area contributed by atoms with Crippen LogP contribution in [0.2, 0.25) is 0 Å². The number of ether oxygens (including phenoxy) is 2. The van der Waals surface area contributed by atoms with Crippen molar-refractivity contribution in [2.45, 2.75) is 52.7 Å². The molecule has 1 aliphatic rings. The van der Waals surface area contributed by atoms with E-state index in [0.29, 0.717) is 25.5 Å². The molecule has 3 aromatic carbocycles. The Balaban J connectivity index is 1.22. The van der Waals surface area contributed by atoms with Gasteiger partial charge in [-0.1, -0.05) is 60.7 Å². The third-order valence-electron chi connectivity index (χ3n) is 7.39. The number of benzene rings is 3. The summed E-state index contributed by atoms with van der Waals surface area (Å²) >= 11 is 0. The molecular formula is C35H40N2O4. The van der Waals surface area contributed by atoms with Crippen LogP contribution in [-0.2, 0) is 28.9 Å². The number of hydrogen-bond acceptors (Lipinski definition) is 6. The zero-order chi connectivity index (χ0) is 28.8. The Hall–Kier alpha value is -3.90. The average molecular weight is 553 g/mol. The fourth-order valence-corrected chi connectivity index (χ4v) is 5.48. The molecule has 41 heavy (non-hydrogen) atoms. The molecular weight excluding hydrogens is 512 g/mol. The smallest absolute Gasteiger partial charge is 0.311 e. The molecule has 1 fully saturated rings. The van der Waals surface area contributed by atoms with Gasteiger partial charge in [-0.15, -0.1) is 0 Å². The van der Waals surface area contributed by atoms with Crippen LogP contribution in [0.15, 0.2) is 89.3 Å². The Morgan fingerprint density at radius 3 is 2.39 bits per heavy atom. The fourth-order valence-electron chi connectivity index (χ4n) is 5.48. The highest BCUT2D eigenvalue weighted by molar-refractivity contribution is 5.74. The molecule has 6 nitrogen and oxygen atoms in total. The molecule has 1 aliphatic heterocycles. The number of rotatable bonds is 10. The molecule has 0 aliphatic carbocycles. The Bertz CT molecular complexity index is 1430. The van der Waals surface area contributed by atoms with Gasteiger partial charge in [-0.05, 0) is 75.4 Å². The summed E-state index contributed by atoms with van der Waals surface area (Å²) < 4.78 is 17.9. The first-order valence-electron chi connectivity index (χ1n) is 14.5. The lowest BCUT2D eigenvalue weighted by molar-refractivity contribution is -0.160. The summed E-state index contributed by atoms with van der Waals surface area (Å²) in [6.07, 6.45) is 1.44. The van der Waals surface area contributed by atoms with Gasteiger partial charge in [0.05, 0.1) is 18.2 Å². The van der Waals surface area contributed by atoms with Crippen LogP contribution in [0, 0.1) is 18.8 Å². The van der Waals surface area contributed by atoms with Crippen LogP contribution in [0.25, 0.3) is 11.5 Å². The Morgan fingerprint density at radius 1 is 0.951 bits per heavy atom. The van der Waals surface area contributed by atoms with Gasteiger partial charge in [0.2, 0.25) is 5.89 Å². The van der Waals surface area contributed by atoms with E-state index < -0.39 is 5.60 Å². The topological polar surface area (TPSA) is 64.8 Å². The molecule has 2 atom stereocenters. The first kappa shape index (κ1) is 28.6. The minimum Gasteiger partial charge on any atom is -0.493 e. The van der Waals surface area contributed by atoms with Crippen molar-refractivity contribution < 1.29 is 18.7 Å². The summed E-state index contributed by atoms with van der Waals surface area (Å²) in [4.78, 5) is 20.3. The van der Waals surface area contributed by atoms with Gasteiger partial charge in [0.25, 0.3) is 0 Å². The Morgan fingerprint density at radius 2 is 1.66 bits per heavy atom. The first-order valence-corrected chi connectivity index (χ1v) is 14.5. The molecule has 214 valence electrons. The summed E-state index contributed by atoms with van der Waals surface area (Å²) in [5.74, 6) is 2.16. The number of aryl methyl sites for hydroxylation is 1. The number of nitrogens with zero attached hydrogens (tertiary/aromatic N) is 2. The van der Waals surface area contributed by atoms with Crippen LogP contribution in [0.5, 0.6) is 5.75 Å². The van der Waals surface area contributed by atoms with E-state index in [9.17, 15) is 4.79 Å². The number of oxazole rings is 1. The maximum absolute atomic E-state index is 13.2. The normalized spacial score (nSPS) is 17.5. The van der Waals surface area contributed by atoms with E-state index in [1.165, 1.54) is 5.56 Å². The number of likely N-dealkylation sites (tertiary alicyclic amines) is 1. The molecule has 2 heterocycles. The second-order valence-corrected chi connectivity index (χ2v) is 11.9. The van der Waals surface area contributed by atoms with Crippen LogP contribution >= 0.6 is 0 Å². The van der Waals surface area contributed by atoms with E-state index in [2.05, 4.69) is 46.3 Å². The maximum atomic E-state index is 13.2. The average Bonchev–Trinajstić information content (AvgIpc) is 3.52. The third-order valence-corrected chi connectivity index (χ3v) is 7.39.